The van der Waals surface area contributed by atoms with Crippen LogP contribution >= 0.6 is 0 Å². The molecule has 0 saturated carbocycles. The van der Waals surface area contributed by atoms with Crippen molar-refractivity contribution in [2.45, 2.75) is 186 Å². The number of benzene rings is 1. The summed E-state index contributed by atoms with van der Waals surface area (Å²) in [6.07, 6.45) is 38.0. The Labute approximate surface area is 305 Å². The van der Waals surface area contributed by atoms with Crippen LogP contribution in [0.1, 0.15) is 185 Å². The number of aromatic hydroxyl groups is 1. The molecule has 1 aromatic rings. The van der Waals surface area contributed by atoms with E-state index in [1.165, 1.54) is 167 Å². The number of hydrogen-bond acceptors (Lipinski definition) is 7. The van der Waals surface area contributed by atoms with Gasteiger partial charge in [0.2, 0.25) is 0 Å². The van der Waals surface area contributed by atoms with Gasteiger partial charge >= 0.3 is 11.9 Å². The summed E-state index contributed by atoms with van der Waals surface area (Å²) in [5, 5.41) is 9.79. The van der Waals surface area contributed by atoms with Crippen molar-refractivity contribution in [3.05, 3.63) is 29.8 Å². The van der Waals surface area contributed by atoms with Gasteiger partial charge in [-0.3, -0.25) is 4.79 Å². The summed E-state index contributed by atoms with van der Waals surface area (Å²) in [5.41, 5.74) is 0.695. The summed E-state index contributed by atoms with van der Waals surface area (Å²) in [7, 11) is 1.47. The van der Waals surface area contributed by atoms with Crippen LogP contribution in [0.2, 0.25) is 0 Å². The highest BCUT2D eigenvalue weighted by Crippen LogP contribution is 2.26. The molecule has 1 saturated heterocycles. The van der Waals surface area contributed by atoms with E-state index >= 15 is 0 Å². The van der Waals surface area contributed by atoms with E-state index in [2.05, 4.69) is 0 Å². The van der Waals surface area contributed by atoms with Crippen LogP contribution in [0.15, 0.2) is 24.3 Å². The molecule has 1 atom stereocenters. The zero-order valence-corrected chi connectivity index (χ0v) is 31.8. The molecule has 1 aliphatic rings. The Bertz CT molecular complexity index is 1010. The second-order valence-corrected chi connectivity index (χ2v) is 14.4. The highest BCUT2D eigenvalue weighted by Gasteiger charge is 2.15. The lowest BCUT2D eigenvalue weighted by atomic mass is 10.0. The minimum atomic E-state index is -0.517. The summed E-state index contributed by atoms with van der Waals surface area (Å²) < 4.78 is 22.2. The van der Waals surface area contributed by atoms with Crippen molar-refractivity contribution in [1.29, 1.82) is 0 Å². The smallest absolute Gasteiger partial charge is 0.330 e. The third-order valence-corrected chi connectivity index (χ3v) is 9.84. The predicted molar refractivity (Wildman–Crippen MR) is 205 cm³/mol. The fourth-order valence-electron chi connectivity index (χ4n) is 6.63. The summed E-state index contributed by atoms with van der Waals surface area (Å²) >= 11 is 0. The highest BCUT2D eigenvalue weighted by atomic mass is 16.6. The highest BCUT2D eigenvalue weighted by molar-refractivity contribution is 5.87. The Hall–Kier alpha value is -2.54. The van der Waals surface area contributed by atoms with Gasteiger partial charge in [0, 0.05) is 19.1 Å². The van der Waals surface area contributed by atoms with Gasteiger partial charge in [0.05, 0.1) is 7.11 Å². The van der Waals surface area contributed by atoms with Gasteiger partial charge in [0.1, 0.15) is 19.3 Å². The molecule has 0 bridgehead atoms. The number of rotatable bonds is 5. The van der Waals surface area contributed by atoms with Crippen molar-refractivity contribution >= 4 is 18.0 Å². The summed E-state index contributed by atoms with van der Waals surface area (Å²) in [4.78, 5) is 25.0. The Morgan fingerprint density at radius 1 is 0.700 bits per heavy atom. The minimum absolute atomic E-state index is 0.00928. The maximum absolute atomic E-state index is 12.5. The van der Waals surface area contributed by atoms with Gasteiger partial charge in [0.25, 0.3) is 0 Å². The van der Waals surface area contributed by atoms with Crippen LogP contribution < -0.4 is 4.74 Å². The number of methoxy groups -OCH3 is 1. The van der Waals surface area contributed by atoms with Crippen molar-refractivity contribution in [1.82, 2.24) is 0 Å². The molecule has 0 amide bonds. The van der Waals surface area contributed by atoms with Gasteiger partial charge in [-0.15, -0.1) is 0 Å². The Morgan fingerprint density at radius 2 is 1.14 bits per heavy atom. The molecule has 50 heavy (non-hydrogen) atoms. The average Bonchev–Trinajstić information content (AvgIpc) is 3.12. The molecule has 1 unspecified atom stereocenters. The lowest BCUT2D eigenvalue weighted by molar-refractivity contribution is -0.153. The summed E-state index contributed by atoms with van der Waals surface area (Å²) in [6.45, 7) is 0.628. The molecule has 1 fully saturated rings. The number of ether oxygens (including phenoxy) is 4. The third-order valence-electron chi connectivity index (χ3n) is 9.84. The Morgan fingerprint density at radius 3 is 1.60 bits per heavy atom. The number of hydrogen-bond donors (Lipinski definition) is 1. The van der Waals surface area contributed by atoms with E-state index in [9.17, 15) is 14.7 Å². The van der Waals surface area contributed by atoms with Crippen LogP contribution in [-0.4, -0.2) is 50.1 Å². The fraction of sp³-hybridized carbons (Fsp3) is 0.767. The standard InChI is InChI=1S/C43H72O7/c1-47-41-35-38(30-32-40(41)44)31-33-43(46)50-37-39-36-49-42(45)29-27-25-23-21-19-17-15-13-11-9-7-5-3-2-4-6-8-10-12-14-16-18-20-22-24-26-28-34-48-39/h30-33,35,39,44H,2-29,34,36-37H2,1H3/b33-31+. The molecular formula is C43H72O7. The molecule has 2 rings (SSSR count). The maximum Gasteiger partial charge on any atom is 0.330 e. The second kappa shape index (κ2) is 31.2. The average molecular weight is 701 g/mol. The zero-order chi connectivity index (χ0) is 35.7. The van der Waals surface area contributed by atoms with Crippen LogP contribution in [0, 0.1) is 0 Å². The zero-order valence-electron chi connectivity index (χ0n) is 31.8. The molecule has 7 nitrogen and oxygen atoms in total. The number of phenols is 1. The number of carbonyl (C=O) groups is 2. The second-order valence-electron chi connectivity index (χ2n) is 14.4. The summed E-state index contributed by atoms with van der Waals surface area (Å²) in [6, 6.07) is 4.83. The first kappa shape index (κ1) is 43.6. The summed E-state index contributed by atoms with van der Waals surface area (Å²) in [5.74, 6) is -0.375. The molecular weight excluding hydrogens is 628 g/mol. The molecule has 0 aliphatic carbocycles. The molecule has 0 aromatic heterocycles. The molecule has 0 radical (unpaired) electrons. The van der Waals surface area contributed by atoms with E-state index in [-0.39, 0.29) is 24.9 Å². The molecule has 1 N–H and O–H groups in total. The lowest BCUT2D eigenvalue weighted by Gasteiger charge is -2.18. The third kappa shape index (κ3) is 24.6. The number of esters is 2. The van der Waals surface area contributed by atoms with E-state index in [1.54, 1.807) is 18.2 Å². The van der Waals surface area contributed by atoms with Crippen molar-refractivity contribution in [2.75, 3.05) is 26.9 Å². The maximum atomic E-state index is 12.5. The van der Waals surface area contributed by atoms with Crippen LogP contribution in [0.5, 0.6) is 11.5 Å². The van der Waals surface area contributed by atoms with Crippen LogP contribution in [-0.2, 0) is 23.8 Å². The molecule has 1 aliphatic heterocycles. The number of carbonyl (C=O) groups excluding carboxylic acids is 2. The van der Waals surface area contributed by atoms with E-state index in [0.717, 1.165) is 25.7 Å². The van der Waals surface area contributed by atoms with Crippen molar-refractivity contribution < 1.29 is 33.6 Å². The Kier molecular flexibility index (Phi) is 27.2. The first-order valence-electron chi connectivity index (χ1n) is 20.6. The monoisotopic (exact) mass is 701 g/mol. The van der Waals surface area contributed by atoms with Gasteiger partial charge in [-0.05, 0) is 36.6 Å². The number of cyclic esters (lactones) is 1. The van der Waals surface area contributed by atoms with E-state index < -0.39 is 12.1 Å². The van der Waals surface area contributed by atoms with Gasteiger partial charge in [-0.25, -0.2) is 4.79 Å². The van der Waals surface area contributed by atoms with Gasteiger partial charge in [0.15, 0.2) is 11.5 Å². The van der Waals surface area contributed by atoms with Crippen molar-refractivity contribution in [3.8, 4) is 11.5 Å². The van der Waals surface area contributed by atoms with E-state index in [1.807, 2.05) is 0 Å². The van der Waals surface area contributed by atoms with Crippen molar-refractivity contribution in [3.63, 3.8) is 0 Å². The minimum Gasteiger partial charge on any atom is -0.504 e. The number of phenolic OH excluding ortho intramolecular Hbond substituents is 1. The molecule has 286 valence electrons. The topological polar surface area (TPSA) is 91.3 Å². The predicted octanol–water partition coefficient (Wildman–Crippen LogP) is 11.8. The van der Waals surface area contributed by atoms with Crippen molar-refractivity contribution in [2.24, 2.45) is 0 Å². The molecule has 7 heteroatoms. The first-order valence-corrected chi connectivity index (χ1v) is 20.6. The van der Waals surface area contributed by atoms with Crippen LogP contribution in [0.3, 0.4) is 0 Å². The Balaban J connectivity index is 1.74. The first-order chi connectivity index (χ1) is 24.6. The van der Waals surface area contributed by atoms with Gasteiger partial charge in [-0.2, -0.15) is 0 Å². The van der Waals surface area contributed by atoms with E-state index in [4.69, 9.17) is 18.9 Å². The molecule has 1 heterocycles. The fourth-order valence-corrected chi connectivity index (χ4v) is 6.63. The lowest BCUT2D eigenvalue weighted by Crippen LogP contribution is -2.28. The van der Waals surface area contributed by atoms with Gasteiger partial charge < -0.3 is 24.1 Å². The van der Waals surface area contributed by atoms with Crippen LogP contribution in [0.25, 0.3) is 6.08 Å². The molecule has 0 spiro atoms. The van der Waals surface area contributed by atoms with E-state index in [0.29, 0.717) is 24.3 Å². The quantitative estimate of drug-likeness (QED) is 0.241. The SMILES string of the molecule is COc1cc(/C=C/C(=O)OCC2COC(=O)CCCCCCCCCCCCCCCCCCCCCCCCCCCCCO2)ccc1O. The largest absolute Gasteiger partial charge is 0.504 e. The molecule has 1 aromatic carbocycles. The van der Waals surface area contributed by atoms with Crippen LogP contribution in [0.4, 0.5) is 0 Å². The van der Waals surface area contributed by atoms with Gasteiger partial charge in [-0.1, -0.05) is 167 Å². The normalized spacial score (nSPS) is 21.4.